The molecule has 4 heterocycles. The molecule has 1 saturated heterocycles. The van der Waals surface area contributed by atoms with Gasteiger partial charge in [0.05, 0.1) is 11.9 Å². The van der Waals surface area contributed by atoms with Gasteiger partial charge in [-0.3, -0.25) is 9.97 Å². The number of nitrogens with zero attached hydrogens (tertiary/aromatic N) is 4. The second-order valence-electron chi connectivity index (χ2n) is 6.60. The summed E-state index contributed by atoms with van der Waals surface area (Å²) in [5, 5.41) is 3.52. The Labute approximate surface area is 153 Å². The van der Waals surface area contributed by atoms with Crippen molar-refractivity contribution in [3.8, 4) is 17.5 Å². The molecule has 5 nitrogen and oxygen atoms in total. The Balaban J connectivity index is 1.62. The summed E-state index contributed by atoms with van der Waals surface area (Å²) < 4.78 is 2.05. The third-order valence-electron chi connectivity index (χ3n) is 4.60. The van der Waals surface area contributed by atoms with Crippen LogP contribution in [0, 0.1) is 25.7 Å². The lowest BCUT2D eigenvalue weighted by Crippen LogP contribution is -2.13. The van der Waals surface area contributed by atoms with Crippen LogP contribution < -0.4 is 5.32 Å². The second kappa shape index (κ2) is 7.11. The normalized spacial score (nSPS) is 16.3. The standard InChI is InChI=1S/C21H21N5/c1-15-10-17(7-9-23-15)5-6-19-14-26(16(2)25-19)20-11-18(12-22-13-20)21-4-3-8-24-21/h7,9-14,21,24H,3-4,8H2,1-2H3. The van der Waals surface area contributed by atoms with E-state index in [2.05, 4.69) is 38.2 Å². The fraction of sp³-hybridized carbons (Fsp3) is 0.286. The van der Waals surface area contributed by atoms with Crippen molar-refractivity contribution < 1.29 is 0 Å². The molecule has 3 aromatic heterocycles. The minimum Gasteiger partial charge on any atom is -0.310 e. The first-order chi connectivity index (χ1) is 12.7. The largest absolute Gasteiger partial charge is 0.310 e. The molecule has 1 N–H and O–H groups in total. The van der Waals surface area contributed by atoms with Gasteiger partial charge in [0.2, 0.25) is 0 Å². The first-order valence-electron chi connectivity index (χ1n) is 8.88. The lowest BCUT2D eigenvalue weighted by Gasteiger charge is -2.12. The molecule has 0 bridgehead atoms. The van der Waals surface area contributed by atoms with E-state index in [-0.39, 0.29) is 0 Å². The summed E-state index contributed by atoms with van der Waals surface area (Å²) >= 11 is 0. The molecule has 4 rings (SSSR count). The number of nitrogens with one attached hydrogen (secondary N) is 1. The van der Waals surface area contributed by atoms with Crippen LogP contribution in [0.2, 0.25) is 0 Å². The summed E-state index contributed by atoms with van der Waals surface area (Å²) in [6, 6.07) is 6.47. The number of hydrogen-bond donors (Lipinski definition) is 1. The Morgan fingerprint density at radius 3 is 2.92 bits per heavy atom. The Bertz CT molecular complexity index is 987. The summed E-state index contributed by atoms with van der Waals surface area (Å²) in [7, 11) is 0. The Kier molecular flexibility index (Phi) is 4.51. The topological polar surface area (TPSA) is 55.6 Å². The molecule has 0 spiro atoms. The third kappa shape index (κ3) is 3.51. The van der Waals surface area contributed by atoms with E-state index in [0.29, 0.717) is 6.04 Å². The fourth-order valence-corrected chi connectivity index (χ4v) is 3.29. The number of hydrogen-bond acceptors (Lipinski definition) is 4. The van der Waals surface area contributed by atoms with Crippen molar-refractivity contribution in [1.82, 2.24) is 24.8 Å². The number of imidazole rings is 1. The zero-order chi connectivity index (χ0) is 17.9. The van der Waals surface area contributed by atoms with Crippen LogP contribution in [-0.4, -0.2) is 26.1 Å². The van der Waals surface area contributed by atoms with Crippen LogP contribution >= 0.6 is 0 Å². The van der Waals surface area contributed by atoms with Gasteiger partial charge in [-0.1, -0.05) is 5.92 Å². The maximum absolute atomic E-state index is 4.58. The smallest absolute Gasteiger partial charge is 0.132 e. The van der Waals surface area contributed by atoms with Gasteiger partial charge in [0.25, 0.3) is 0 Å². The van der Waals surface area contributed by atoms with Crippen molar-refractivity contribution in [3.63, 3.8) is 0 Å². The molecule has 26 heavy (non-hydrogen) atoms. The first kappa shape index (κ1) is 16.5. The quantitative estimate of drug-likeness (QED) is 0.727. The molecule has 3 aromatic rings. The van der Waals surface area contributed by atoms with Crippen LogP contribution in [0.1, 0.15) is 47.2 Å². The molecule has 0 amide bonds. The summed E-state index contributed by atoms with van der Waals surface area (Å²) in [5.74, 6) is 7.21. The maximum Gasteiger partial charge on any atom is 0.132 e. The molecule has 1 atom stereocenters. The van der Waals surface area contributed by atoms with Gasteiger partial charge in [-0.15, -0.1) is 0 Å². The van der Waals surface area contributed by atoms with Gasteiger partial charge in [-0.25, -0.2) is 4.98 Å². The molecule has 5 heteroatoms. The average Bonchev–Trinajstić information content (AvgIpc) is 3.30. The minimum absolute atomic E-state index is 0.403. The number of rotatable bonds is 2. The lowest BCUT2D eigenvalue weighted by atomic mass is 10.1. The third-order valence-corrected chi connectivity index (χ3v) is 4.60. The van der Waals surface area contributed by atoms with E-state index in [4.69, 9.17) is 0 Å². The van der Waals surface area contributed by atoms with Crippen LogP contribution in [-0.2, 0) is 0 Å². The molecular formula is C21H21N5. The van der Waals surface area contributed by atoms with Gasteiger partial charge in [-0.2, -0.15) is 0 Å². The highest BCUT2D eigenvalue weighted by Crippen LogP contribution is 2.24. The number of aryl methyl sites for hydroxylation is 2. The highest BCUT2D eigenvalue weighted by Gasteiger charge is 2.17. The lowest BCUT2D eigenvalue weighted by molar-refractivity contribution is 0.644. The van der Waals surface area contributed by atoms with Crippen molar-refractivity contribution >= 4 is 0 Å². The maximum atomic E-state index is 4.58. The van der Waals surface area contributed by atoms with Gasteiger partial charge < -0.3 is 9.88 Å². The molecule has 0 aromatic carbocycles. The molecule has 130 valence electrons. The van der Waals surface area contributed by atoms with Crippen molar-refractivity contribution in [2.24, 2.45) is 0 Å². The van der Waals surface area contributed by atoms with Gasteiger partial charge in [0.1, 0.15) is 11.5 Å². The van der Waals surface area contributed by atoms with Crippen LogP contribution in [0.3, 0.4) is 0 Å². The van der Waals surface area contributed by atoms with Crippen LogP contribution in [0.4, 0.5) is 0 Å². The van der Waals surface area contributed by atoms with E-state index in [9.17, 15) is 0 Å². The molecule has 1 aliphatic rings. The fourth-order valence-electron chi connectivity index (χ4n) is 3.29. The van der Waals surface area contributed by atoms with E-state index in [1.54, 1.807) is 6.20 Å². The van der Waals surface area contributed by atoms with Crippen LogP contribution in [0.25, 0.3) is 5.69 Å². The summed E-state index contributed by atoms with van der Waals surface area (Å²) in [6.45, 7) is 5.03. The predicted octanol–water partition coefficient (Wildman–Crippen LogP) is 3.10. The highest BCUT2D eigenvalue weighted by atomic mass is 15.1. The number of pyridine rings is 2. The van der Waals surface area contributed by atoms with Crippen LogP contribution in [0.15, 0.2) is 43.0 Å². The van der Waals surface area contributed by atoms with E-state index in [1.165, 1.54) is 12.0 Å². The van der Waals surface area contributed by atoms with Crippen molar-refractivity contribution in [1.29, 1.82) is 0 Å². The molecular weight excluding hydrogens is 322 g/mol. The zero-order valence-electron chi connectivity index (χ0n) is 15.0. The molecule has 1 fully saturated rings. The average molecular weight is 343 g/mol. The van der Waals surface area contributed by atoms with Crippen molar-refractivity contribution in [2.45, 2.75) is 32.7 Å². The van der Waals surface area contributed by atoms with Crippen LogP contribution in [0.5, 0.6) is 0 Å². The molecule has 0 radical (unpaired) electrons. The van der Waals surface area contributed by atoms with Crippen molar-refractivity contribution in [2.75, 3.05) is 6.54 Å². The molecule has 1 aliphatic heterocycles. The van der Waals surface area contributed by atoms with Gasteiger partial charge in [0.15, 0.2) is 0 Å². The van der Waals surface area contributed by atoms with E-state index >= 15 is 0 Å². The Morgan fingerprint density at radius 1 is 1.19 bits per heavy atom. The summed E-state index contributed by atoms with van der Waals surface area (Å²) in [5.41, 5.74) is 4.91. The number of aromatic nitrogens is 4. The monoisotopic (exact) mass is 343 g/mol. The van der Waals surface area contributed by atoms with Gasteiger partial charge in [0, 0.05) is 35.9 Å². The minimum atomic E-state index is 0.403. The van der Waals surface area contributed by atoms with E-state index in [1.807, 2.05) is 49.1 Å². The SMILES string of the molecule is Cc1cc(C#Cc2cn(-c3cncc(C4CCCN4)c3)c(C)n2)ccn1. The highest BCUT2D eigenvalue weighted by molar-refractivity contribution is 5.42. The Morgan fingerprint density at radius 2 is 2.12 bits per heavy atom. The second-order valence-corrected chi connectivity index (χ2v) is 6.60. The first-order valence-corrected chi connectivity index (χ1v) is 8.88. The molecule has 0 saturated carbocycles. The van der Waals surface area contributed by atoms with E-state index in [0.717, 1.165) is 41.4 Å². The molecule has 0 aliphatic carbocycles. The van der Waals surface area contributed by atoms with Gasteiger partial charge in [-0.05, 0) is 62.9 Å². The summed E-state index contributed by atoms with van der Waals surface area (Å²) in [4.78, 5) is 13.2. The zero-order valence-corrected chi connectivity index (χ0v) is 15.0. The predicted molar refractivity (Wildman–Crippen MR) is 101 cm³/mol. The molecule has 1 unspecified atom stereocenters. The summed E-state index contributed by atoms with van der Waals surface area (Å²) in [6.07, 6.45) is 9.95. The van der Waals surface area contributed by atoms with Crippen molar-refractivity contribution in [3.05, 3.63) is 71.3 Å². The van der Waals surface area contributed by atoms with E-state index < -0.39 is 0 Å². The Hall–Kier alpha value is -2.97. The van der Waals surface area contributed by atoms with Gasteiger partial charge >= 0.3 is 0 Å².